The summed E-state index contributed by atoms with van der Waals surface area (Å²) in [5.41, 5.74) is 4.27. The van der Waals surface area contributed by atoms with E-state index in [1.165, 1.54) is 0 Å². The molecule has 0 atom stereocenters. The van der Waals surface area contributed by atoms with E-state index in [1.54, 1.807) is 6.20 Å². The molecule has 5 heteroatoms. The van der Waals surface area contributed by atoms with Gasteiger partial charge in [0.15, 0.2) is 0 Å². The zero-order valence-electron chi connectivity index (χ0n) is 12.2. The molecule has 0 fully saturated rings. The molecule has 0 amide bonds. The SMILES string of the molecule is CCCOc1cc(C)c(Cl)c(C)c1CCc1cn[nH]n1. The number of rotatable bonds is 6. The Kier molecular flexibility index (Phi) is 5.01. The lowest BCUT2D eigenvalue weighted by Gasteiger charge is -2.16. The summed E-state index contributed by atoms with van der Waals surface area (Å²) >= 11 is 6.36. The van der Waals surface area contributed by atoms with Crippen molar-refractivity contribution in [2.24, 2.45) is 0 Å². The predicted octanol–water partition coefficient (Wildman–Crippen LogP) is 3.65. The van der Waals surface area contributed by atoms with E-state index < -0.39 is 0 Å². The normalized spacial score (nSPS) is 10.8. The molecule has 0 radical (unpaired) electrons. The van der Waals surface area contributed by atoms with Crippen LogP contribution in [0.25, 0.3) is 0 Å². The van der Waals surface area contributed by atoms with E-state index in [-0.39, 0.29) is 0 Å². The molecule has 2 rings (SSSR count). The number of aryl methyl sites for hydroxylation is 2. The molecule has 0 saturated heterocycles. The predicted molar refractivity (Wildman–Crippen MR) is 80.5 cm³/mol. The lowest BCUT2D eigenvalue weighted by Crippen LogP contribution is -2.04. The topological polar surface area (TPSA) is 50.8 Å². The molecule has 0 saturated carbocycles. The third-order valence-corrected chi connectivity index (χ3v) is 3.91. The maximum absolute atomic E-state index is 6.36. The fourth-order valence-electron chi connectivity index (χ4n) is 2.21. The molecular formula is C15H20ClN3O. The Morgan fingerprint density at radius 1 is 1.30 bits per heavy atom. The van der Waals surface area contributed by atoms with Crippen LogP contribution in [-0.2, 0) is 12.8 Å². The standard InChI is InChI=1S/C15H20ClN3O/c1-4-7-20-14-8-10(2)15(16)11(3)13(14)6-5-12-9-17-19-18-12/h8-9H,4-7H2,1-3H3,(H,17,18,19). The number of benzene rings is 1. The van der Waals surface area contributed by atoms with Crippen molar-refractivity contribution in [1.82, 2.24) is 15.4 Å². The van der Waals surface area contributed by atoms with Crippen molar-refractivity contribution >= 4 is 11.6 Å². The minimum atomic E-state index is 0.720. The van der Waals surface area contributed by atoms with Crippen LogP contribution in [0.4, 0.5) is 0 Å². The first-order chi connectivity index (χ1) is 9.63. The summed E-state index contributed by atoms with van der Waals surface area (Å²) in [6, 6.07) is 2.03. The minimum absolute atomic E-state index is 0.720. The lowest BCUT2D eigenvalue weighted by molar-refractivity contribution is 0.313. The van der Waals surface area contributed by atoms with Gasteiger partial charge in [-0.25, -0.2) is 0 Å². The third-order valence-electron chi connectivity index (χ3n) is 3.33. The molecule has 1 N–H and O–H groups in total. The van der Waals surface area contributed by atoms with Crippen molar-refractivity contribution in [3.05, 3.63) is 39.7 Å². The summed E-state index contributed by atoms with van der Waals surface area (Å²) in [5.74, 6) is 0.940. The van der Waals surface area contributed by atoms with Crippen molar-refractivity contribution in [1.29, 1.82) is 0 Å². The Hall–Kier alpha value is -1.55. The van der Waals surface area contributed by atoms with Crippen molar-refractivity contribution in [2.45, 2.75) is 40.0 Å². The fraction of sp³-hybridized carbons (Fsp3) is 0.467. The fourth-order valence-corrected chi connectivity index (χ4v) is 2.38. The lowest BCUT2D eigenvalue weighted by atomic mass is 9.99. The van der Waals surface area contributed by atoms with Crippen molar-refractivity contribution in [3.8, 4) is 5.75 Å². The average molecular weight is 294 g/mol. The number of H-pyrrole nitrogens is 1. The average Bonchev–Trinajstić information content (AvgIpc) is 2.95. The highest BCUT2D eigenvalue weighted by Gasteiger charge is 2.13. The second kappa shape index (κ2) is 6.75. The molecule has 0 aliphatic rings. The van der Waals surface area contributed by atoms with Crippen molar-refractivity contribution in [3.63, 3.8) is 0 Å². The van der Waals surface area contributed by atoms with Crippen LogP contribution in [0.3, 0.4) is 0 Å². The molecular weight excluding hydrogens is 274 g/mol. The van der Waals surface area contributed by atoms with E-state index in [0.29, 0.717) is 0 Å². The van der Waals surface area contributed by atoms with E-state index in [1.807, 2.05) is 19.9 Å². The summed E-state index contributed by atoms with van der Waals surface area (Å²) in [6.07, 6.45) is 4.40. The summed E-state index contributed by atoms with van der Waals surface area (Å²) in [4.78, 5) is 0. The molecule has 1 heterocycles. The number of hydrogen-bond acceptors (Lipinski definition) is 3. The highest BCUT2D eigenvalue weighted by Crippen LogP contribution is 2.32. The smallest absolute Gasteiger partial charge is 0.123 e. The number of halogens is 1. The highest BCUT2D eigenvalue weighted by atomic mass is 35.5. The maximum atomic E-state index is 6.36. The van der Waals surface area contributed by atoms with Gasteiger partial charge in [-0.05, 0) is 55.9 Å². The van der Waals surface area contributed by atoms with Crippen LogP contribution in [0, 0.1) is 13.8 Å². The molecule has 20 heavy (non-hydrogen) atoms. The summed E-state index contributed by atoms with van der Waals surface area (Å²) < 4.78 is 5.87. The van der Waals surface area contributed by atoms with Gasteiger partial charge < -0.3 is 4.74 Å². The molecule has 108 valence electrons. The molecule has 4 nitrogen and oxygen atoms in total. The molecule has 1 aromatic carbocycles. The van der Waals surface area contributed by atoms with E-state index in [0.717, 1.165) is 59.0 Å². The van der Waals surface area contributed by atoms with Gasteiger partial charge in [-0.3, -0.25) is 0 Å². The second-order valence-electron chi connectivity index (χ2n) is 4.92. The third kappa shape index (κ3) is 3.31. The van der Waals surface area contributed by atoms with Gasteiger partial charge in [-0.2, -0.15) is 15.4 Å². The van der Waals surface area contributed by atoms with Gasteiger partial charge >= 0.3 is 0 Å². The van der Waals surface area contributed by atoms with Crippen LogP contribution in [0.1, 0.15) is 35.7 Å². The Morgan fingerprint density at radius 2 is 2.10 bits per heavy atom. The van der Waals surface area contributed by atoms with Crippen LogP contribution < -0.4 is 4.74 Å². The molecule has 0 unspecified atom stereocenters. The number of nitrogens with zero attached hydrogens (tertiary/aromatic N) is 2. The molecule has 2 aromatic rings. The Labute approximate surface area is 124 Å². The zero-order valence-corrected chi connectivity index (χ0v) is 12.9. The first-order valence-corrected chi connectivity index (χ1v) is 7.27. The van der Waals surface area contributed by atoms with Crippen LogP contribution in [0.2, 0.25) is 5.02 Å². The quantitative estimate of drug-likeness (QED) is 0.884. The number of aromatic amines is 1. The van der Waals surface area contributed by atoms with E-state index in [9.17, 15) is 0 Å². The Balaban J connectivity index is 2.25. The van der Waals surface area contributed by atoms with Gasteiger partial charge in [0, 0.05) is 5.02 Å². The van der Waals surface area contributed by atoms with Crippen LogP contribution in [-0.4, -0.2) is 22.0 Å². The second-order valence-corrected chi connectivity index (χ2v) is 5.30. The van der Waals surface area contributed by atoms with Crippen molar-refractivity contribution in [2.75, 3.05) is 6.61 Å². The molecule has 0 aliphatic heterocycles. The van der Waals surface area contributed by atoms with E-state index in [4.69, 9.17) is 16.3 Å². The van der Waals surface area contributed by atoms with Gasteiger partial charge in [0.25, 0.3) is 0 Å². The number of hydrogen-bond donors (Lipinski definition) is 1. The summed E-state index contributed by atoms with van der Waals surface area (Å²) in [7, 11) is 0. The van der Waals surface area contributed by atoms with Gasteiger partial charge in [0.2, 0.25) is 0 Å². The van der Waals surface area contributed by atoms with Gasteiger partial charge in [0.1, 0.15) is 5.75 Å². The van der Waals surface area contributed by atoms with E-state index in [2.05, 4.69) is 22.3 Å². The minimum Gasteiger partial charge on any atom is -0.493 e. The molecule has 0 aliphatic carbocycles. The van der Waals surface area contributed by atoms with Crippen LogP contribution in [0.5, 0.6) is 5.75 Å². The summed E-state index contributed by atoms with van der Waals surface area (Å²) in [6.45, 7) is 6.88. The van der Waals surface area contributed by atoms with Crippen LogP contribution in [0.15, 0.2) is 12.3 Å². The van der Waals surface area contributed by atoms with Gasteiger partial charge in [-0.1, -0.05) is 18.5 Å². The van der Waals surface area contributed by atoms with Crippen LogP contribution >= 0.6 is 11.6 Å². The Bertz CT molecular complexity index is 567. The number of ether oxygens (including phenoxy) is 1. The van der Waals surface area contributed by atoms with Gasteiger partial charge in [0.05, 0.1) is 18.5 Å². The Morgan fingerprint density at radius 3 is 2.75 bits per heavy atom. The monoisotopic (exact) mass is 293 g/mol. The highest BCUT2D eigenvalue weighted by molar-refractivity contribution is 6.32. The summed E-state index contributed by atoms with van der Waals surface area (Å²) in [5, 5.41) is 11.4. The molecule has 1 aromatic heterocycles. The maximum Gasteiger partial charge on any atom is 0.123 e. The van der Waals surface area contributed by atoms with Gasteiger partial charge in [-0.15, -0.1) is 0 Å². The van der Waals surface area contributed by atoms with E-state index >= 15 is 0 Å². The number of aromatic nitrogens is 3. The first-order valence-electron chi connectivity index (χ1n) is 6.89. The first kappa shape index (κ1) is 14.9. The molecule has 0 spiro atoms. The van der Waals surface area contributed by atoms with Crippen molar-refractivity contribution < 1.29 is 4.74 Å². The number of nitrogens with one attached hydrogen (secondary N) is 1. The largest absolute Gasteiger partial charge is 0.493 e. The molecule has 0 bridgehead atoms. The zero-order chi connectivity index (χ0) is 14.5.